The van der Waals surface area contributed by atoms with Gasteiger partial charge < -0.3 is 5.32 Å². The maximum absolute atomic E-state index is 12.2. The van der Waals surface area contributed by atoms with E-state index in [1.165, 1.54) is 33.2 Å². The molecule has 1 amide bonds. The number of carbonyl (C=O) groups excluding carboxylic acids is 1. The molecule has 1 fully saturated rings. The summed E-state index contributed by atoms with van der Waals surface area (Å²) in [5.74, 6) is 2.38. The second-order valence-corrected chi connectivity index (χ2v) is 10.8. The van der Waals surface area contributed by atoms with Crippen LogP contribution < -0.4 is 10.0 Å². The molecule has 26 heavy (non-hydrogen) atoms. The highest BCUT2D eigenvalue weighted by molar-refractivity contribution is 8.00. The first-order valence-electron chi connectivity index (χ1n) is 8.47. The molecule has 140 valence electrons. The van der Waals surface area contributed by atoms with Crippen LogP contribution >= 0.6 is 47.0 Å². The van der Waals surface area contributed by atoms with E-state index in [9.17, 15) is 4.79 Å². The molecule has 0 radical (unpaired) electrons. The molecule has 2 N–H and O–H groups in total. The van der Waals surface area contributed by atoms with Gasteiger partial charge in [0, 0.05) is 34.4 Å². The van der Waals surface area contributed by atoms with Gasteiger partial charge in [0.15, 0.2) is 0 Å². The van der Waals surface area contributed by atoms with Gasteiger partial charge in [0.2, 0.25) is 5.91 Å². The van der Waals surface area contributed by atoms with Crippen molar-refractivity contribution in [2.75, 3.05) is 36.5 Å². The van der Waals surface area contributed by atoms with Gasteiger partial charge in [0.1, 0.15) is 0 Å². The summed E-state index contributed by atoms with van der Waals surface area (Å²) >= 11 is 7.05. The van der Waals surface area contributed by atoms with Gasteiger partial charge in [-0.15, -0.1) is 11.3 Å². The summed E-state index contributed by atoms with van der Waals surface area (Å²) in [4.78, 5) is 14.5. The Hall–Kier alpha value is -0.640. The molecule has 0 unspecified atom stereocenters. The summed E-state index contributed by atoms with van der Waals surface area (Å²) in [5.41, 5.74) is 2.16. The van der Waals surface area contributed by atoms with E-state index in [4.69, 9.17) is 0 Å². The third kappa shape index (κ3) is 6.21. The highest BCUT2D eigenvalue weighted by Crippen LogP contribution is 2.36. The third-order valence-electron chi connectivity index (χ3n) is 3.80. The predicted molar refractivity (Wildman–Crippen MR) is 117 cm³/mol. The van der Waals surface area contributed by atoms with Crippen molar-refractivity contribution in [1.82, 2.24) is 9.03 Å². The van der Waals surface area contributed by atoms with Gasteiger partial charge in [-0.1, -0.05) is 17.7 Å². The summed E-state index contributed by atoms with van der Waals surface area (Å²) in [6.45, 7) is 6.64. The molecule has 2 heterocycles. The lowest BCUT2D eigenvalue weighted by atomic mass is 10.2. The largest absolute Gasteiger partial charge is 0.324 e. The molecule has 1 aromatic carbocycles. The van der Waals surface area contributed by atoms with E-state index in [1.807, 2.05) is 23.7 Å². The number of nitrogens with one attached hydrogen (secondary N) is 2. The number of anilines is 1. The van der Waals surface area contributed by atoms with Crippen molar-refractivity contribution < 1.29 is 4.79 Å². The SMILES string of the molecule is Cc1ccc(SNCC(=O)Nc2cc(SN3CCSCC3)sc2C)cc1. The zero-order valence-corrected chi connectivity index (χ0v) is 18.2. The molecule has 1 aliphatic heterocycles. The zero-order valence-electron chi connectivity index (χ0n) is 14.9. The third-order valence-corrected chi connectivity index (χ3v) is 7.78. The van der Waals surface area contributed by atoms with E-state index in [0.717, 1.165) is 28.5 Å². The Morgan fingerprint density at radius 1 is 1.19 bits per heavy atom. The zero-order chi connectivity index (χ0) is 18.4. The van der Waals surface area contributed by atoms with Crippen molar-refractivity contribution in [2.45, 2.75) is 23.0 Å². The number of rotatable bonds is 7. The van der Waals surface area contributed by atoms with Crippen molar-refractivity contribution in [3.8, 4) is 0 Å². The first-order valence-corrected chi connectivity index (χ1v) is 12.0. The Labute approximate surface area is 172 Å². The molecule has 0 spiro atoms. The van der Waals surface area contributed by atoms with Crippen LogP contribution in [0.5, 0.6) is 0 Å². The van der Waals surface area contributed by atoms with E-state index in [0.29, 0.717) is 0 Å². The molecule has 2 aromatic rings. The second-order valence-electron chi connectivity index (χ2n) is 5.95. The minimum Gasteiger partial charge on any atom is -0.324 e. The van der Waals surface area contributed by atoms with E-state index in [2.05, 4.69) is 58.5 Å². The molecule has 0 aliphatic carbocycles. The van der Waals surface area contributed by atoms with E-state index in [-0.39, 0.29) is 12.5 Å². The number of nitrogens with zero attached hydrogens (tertiary/aromatic N) is 1. The summed E-state index contributed by atoms with van der Waals surface area (Å²) in [7, 11) is 0. The Kier molecular flexibility index (Phi) is 7.77. The molecular weight excluding hydrogens is 402 g/mol. The van der Waals surface area contributed by atoms with E-state index >= 15 is 0 Å². The van der Waals surface area contributed by atoms with Crippen molar-refractivity contribution in [2.24, 2.45) is 0 Å². The first-order chi connectivity index (χ1) is 12.6. The average molecular weight is 426 g/mol. The normalized spacial score (nSPS) is 15.2. The monoisotopic (exact) mass is 425 g/mol. The Morgan fingerprint density at radius 3 is 2.65 bits per heavy atom. The van der Waals surface area contributed by atoms with Crippen LogP contribution in [-0.2, 0) is 4.79 Å². The van der Waals surface area contributed by atoms with Gasteiger partial charge in [-0.05, 0) is 55.9 Å². The molecule has 0 saturated carbocycles. The molecule has 4 nitrogen and oxygen atoms in total. The minimum atomic E-state index is -0.0172. The van der Waals surface area contributed by atoms with Gasteiger partial charge in [-0.25, -0.2) is 4.31 Å². The molecule has 3 rings (SSSR count). The van der Waals surface area contributed by atoms with Crippen molar-refractivity contribution in [3.05, 3.63) is 40.8 Å². The second kappa shape index (κ2) is 10.1. The Morgan fingerprint density at radius 2 is 1.92 bits per heavy atom. The molecule has 0 atom stereocenters. The summed E-state index contributed by atoms with van der Waals surface area (Å²) < 4.78 is 6.78. The maximum atomic E-state index is 12.2. The van der Waals surface area contributed by atoms with Crippen molar-refractivity contribution >= 4 is 58.6 Å². The van der Waals surface area contributed by atoms with E-state index < -0.39 is 0 Å². The molecule has 8 heteroatoms. The molecule has 0 bridgehead atoms. The number of amides is 1. The van der Waals surface area contributed by atoms with Crippen LogP contribution in [0.15, 0.2) is 39.4 Å². The number of hydrogen-bond acceptors (Lipinski definition) is 7. The van der Waals surface area contributed by atoms with Crippen LogP contribution in [0.25, 0.3) is 0 Å². The minimum absolute atomic E-state index is 0.0172. The fourth-order valence-electron chi connectivity index (χ4n) is 2.37. The number of benzene rings is 1. The summed E-state index contributed by atoms with van der Waals surface area (Å²) in [5, 5.41) is 3.02. The number of thiophene rings is 1. The standard InChI is InChI=1S/C18H23N3OS4/c1-13-3-5-15(6-4-13)25-19-12-17(22)20-16-11-18(24-14(16)2)26-21-7-9-23-10-8-21/h3-6,11,19H,7-10,12H2,1-2H3,(H,20,22). The fourth-order valence-corrected chi connectivity index (χ4v) is 6.48. The number of thioether (sulfide) groups is 1. The van der Waals surface area contributed by atoms with Gasteiger partial charge in [0.25, 0.3) is 0 Å². The van der Waals surface area contributed by atoms with Crippen molar-refractivity contribution in [1.29, 1.82) is 0 Å². The molecule has 1 aromatic heterocycles. The highest BCUT2D eigenvalue weighted by atomic mass is 32.2. The lowest BCUT2D eigenvalue weighted by molar-refractivity contribution is -0.115. The number of aryl methyl sites for hydroxylation is 2. The maximum Gasteiger partial charge on any atom is 0.239 e. The molecule has 1 saturated heterocycles. The van der Waals surface area contributed by atoms with Crippen LogP contribution in [0.1, 0.15) is 10.4 Å². The van der Waals surface area contributed by atoms with Crippen molar-refractivity contribution in [3.63, 3.8) is 0 Å². The Balaban J connectivity index is 1.45. The van der Waals surface area contributed by atoms with E-state index in [1.54, 1.807) is 11.3 Å². The lowest BCUT2D eigenvalue weighted by Crippen LogP contribution is -2.26. The van der Waals surface area contributed by atoms with Gasteiger partial charge in [0.05, 0.1) is 16.4 Å². The highest BCUT2D eigenvalue weighted by Gasteiger charge is 2.15. The summed E-state index contributed by atoms with van der Waals surface area (Å²) in [6.07, 6.45) is 0. The van der Waals surface area contributed by atoms with Gasteiger partial charge >= 0.3 is 0 Å². The predicted octanol–water partition coefficient (Wildman–Crippen LogP) is 4.66. The topological polar surface area (TPSA) is 44.4 Å². The first kappa shape index (κ1) is 20.1. The quantitative estimate of drug-likeness (QED) is 0.629. The van der Waals surface area contributed by atoms with Crippen LogP contribution in [-0.4, -0.2) is 41.4 Å². The number of carbonyl (C=O) groups is 1. The lowest BCUT2D eigenvalue weighted by Gasteiger charge is -2.23. The van der Waals surface area contributed by atoms with Gasteiger partial charge in [-0.2, -0.15) is 11.8 Å². The smallest absolute Gasteiger partial charge is 0.239 e. The molecule has 1 aliphatic rings. The fraction of sp³-hybridized carbons (Fsp3) is 0.389. The molecular formula is C18H23N3OS4. The van der Waals surface area contributed by atoms with Crippen LogP contribution in [0.4, 0.5) is 5.69 Å². The Bertz CT molecular complexity index is 727. The van der Waals surface area contributed by atoms with Crippen LogP contribution in [0.2, 0.25) is 0 Å². The van der Waals surface area contributed by atoms with Crippen LogP contribution in [0, 0.1) is 13.8 Å². The van der Waals surface area contributed by atoms with Gasteiger partial charge in [-0.3, -0.25) is 9.52 Å². The van der Waals surface area contributed by atoms with Crippen LogP contribution in [0.3, 0.4) is 0 Å². The average Bonchev–Trinajstić information content (AvgIpc) is 2.96. The summed E-state index contributed by atoms with van der Waals surface area (Å²) in [6, 6.07) is 10.3. The number of hydrogen-bond donors (Lipinski definition) is 2.